The summed E-state index contributed by atoms with van der Waals surface area (Å²) in [4.78, 5) is 11.9. The summed E-state index contributed by atoms with van der Waals surface area (Å²) in [5, 5.41) is 6.35. The first-order valence-electron chi connectivity index (χ1n) is 11.1. The standard InChI is InChI=1S/C30H29NO/c1-24(32)19-20-30(21-25-11-4-2-5-12-25,22-26-13-6-3-7-14-26)31-23-28-17-10-16-27-15-8-9-18-29(27)28/h2-20,31H,21-23H2,1H3/b20-19-. The third kappa shape index (κ3) is 5.60. The van der Waals surface area contributed by atoms with Crippen molar-refractivity contribution in [1.29, 1.82) is 0 Å². The summed E-state index contributed by atoms with van der Waals surface area (Å²) in [7, 11) is 0. The second-order valence-corrected chi connectivity index (χ2v) is 8.42. The molecular weight excluding hydrogens is 390 g/mol. The molecule has 2 nitrogen and oxygen atoms in total. The summed E-state index contributed by atoms with van der Waals surface area (Å²) in [6.07, 6.45) is 5.36. The Balaban J connectivity index is 1.72. The predicted octanol–water partition coefficient (Wildman–Crippen LogP) is 6.30. The number of rotatable bonds is 9. The van der Waals surface area contributed by atoms with Crippen molar-refractivity contribution in [2.24, 2.45) is 0 Å². The van der Waals surface area contributed by atoms with E-state index in [-0.39, 0.29) is 5.78 Å². The molecule has 1 N–H and O–H groups in total. The maximum atomic E-state index is 11.9. The fraction of sp³-hybridized carbons (Fsp3) is 0.167. The number of carbonyl (C=O) groups excluding carboxylic acids is 1. The molecule has 0 aliphatic heterocycles. The Hall–Kier alpha value is -3.49. The first kappa shape index (κ1) is 21.7. The number of nitrogens with one attached hydrogen (secondary N) is 1. The molecule has 32 heavy (non-hydrogen) atoms. The molecule has 0 aliphatic carbocycles. The van der Waals surface area contributed by atoms with Crippen LogP contribution in [0, 0.1) is 0 Å². The van der Waals surface area contributed by atoms with Crippen molar-refractivity contribution in [2.75, 3.05) is 0 Å². The monoisotopic (exact) mass is 419 g/mol. The molecule has 0 bridgehead atoms. The molecule has 0 spiro atoms. The maximum Gasteiger partial charge on any atom is 0.152 e. The summed E-state index contributed by atoms with van der Waals surface area (Å²) in [6, 6.07) is 35.9. The van der Waals surface area contributed by atoms with Gasteiger partial charge in [-0.3, -0.25) is 4.79 Å². The van der Waals surface area contributed by atoms with E-state index in [4.69, 9.17) is 0 Å². The summed E-state index contributed by atoms with van der Waals surface area (Å²) in [6.45, 7) is 2.32. The van der Waals surface area contributed by atoms with Gasteiger partial charge in [0.15, 0.2) is 5.78 Å². The van der Waals surface area contributed by atoms with Gasteiger partial charge in [0, 0.05) is 12.1 Å². The van der Waals surface area contributed by atoms with E-state index in [0.717, 1.165) is 12.8 Å². The number of hydrogen-bond donors (Lipinski definition) is 1. The quantitative estimate of drug-likeness (QED) is 0.323. The topological polar surface area (TPSA) is 29.1 Å². The van der Waals surface area contributed by atoms with Crippen LogP contribution < -0.4 is 5.32 Å². The molecule has 0 aromatic heterocycles. The zero-order valence-electron chi connectivity index (χ0n) is 18.5. The van der Waals surface area contributed by atoms with Crippen LogP contribution in [0.2, 0.25) is 0 Å². The van der Waals surface area contributed by atoms with E-state index in [9.17, 15) is 4.79 Å². The number of fused-ring (bicyclic) bond motifs is 1. The number of hydrogen-bond acceptors (Lipinski definition) is 2. The Morgan fingerprint density at radius 1 is 0.750 bits per heavy atom. The van der Waals surface area contributed by atoms with Gasteiger partial charge in [0.25, 0.3) is 0 Å². The van der Waals surface area contributed by atoms with Crippen LogP contribution in [0.5, 0.6) is 0 Å². The summed E-state index contributed by atoms with van der Waals surface area (Å²) in [5.41, 5.74) is 3.33. The van der Waals surface area contributed by atoms with Gasteiger partial charge in [-0.2, -0.15) is 0 Å². The number of ketones is 1. The molecule has 0 aliphatic rings. The van der Waals surface area contributed by atoms with Crippen LogP contribution in [0.25, 0.3) is 10.8 Å². The van der Waals surface area contributed by atoms with Crippen molar-refractivity contribution < 1.29 is 4.79 Å². The SMILES string of the molecule is CC(=O)/C=C\C(Cc1ccccc1)(Cc1ccccc1)NCc1cccc2ccccc12. The molecule has 0 heterocycles. The van der Waals surface area contributed by atoms with Gasteiger partial charge in [-0.1, -0.05) is 109 Å². The minimum Gasteiger partial charge on any atom is -0.303 e. The Labute approximate surface area is 190 Å². The highest BCUT2D eigenvalue weighted by Crippen LogP contribution is 2.24. The average Bonchev–Trinajstić information content (AvgIpc) is 2.83. The number of allylic oxidation sites excluding steroid dienone is 1. The number of benzene rings is 4. The molecule has 4 aromatic carbocycles. The van der Waals surface area contributed by atoms with Crippen molar-refractivity contribution >= 4 is 16.6 Å². The van der Waals surface area contributed by atoms with E-state index in [1.807, 2.05) is 12.1 Å². The van der Waals surface area contributed by atoms with Gasteiger partial charge in [0.1, 0.15) is 0 Å². The molecule has 4 rings (SSSR count). The van der Waals surface area contributed by atoms with Crippen LogP contribution in [0.4, 0.5) is 0 Å². The Bertz CT molecular complexity index is 1150. The number of carbonyl (C=O) groups is 1. The minimum absolute atomic E-state index is 0.0578. The van der Waals surface area contributed by atoms with E-state index < -0.39 is 5.54 Å². The van der Waals surface area contributed by atoms with E-state index in [1.54, 1.807) is 13.0 Å². The lowest BCUT2D eigenvalue weighted by Crippen LogP contribution is -2.47. The molecule has 0 unspecified atom stereocenters. The maximum absolute atomic E-state index is 11.9. The largest absolute Gasteiger partial charge is 0.303 e. The van der Waals surface area contributed by atoms with Gasteiger partial charge >= 0.3 is 0 Å². The van der Waals surface area contributed by atoms with Gasteiger partial charge in [0.2, 0.25) is 0 Å². The molecule has 0 atom stereocenters. The second-order valence-electron chi connectivity index (χ2n) is 8.42. The highest BCUT2D eigenvalue weighted by molar-refractivity contribution is 5.87. The van der Waals surface area contributed by atoms with Crippen molar-refractivity contribution in [3.8, 4) is 0 Å². The van der Waals surface area contributed by atoms with E-state index in [0.29, 0.717) is 6.54 Å². The van der Waals surface area contributed by atoms with Crippen LogP contribution in [0.15, 0.2) is 115 Å². The third-order valence-corrected chi connectivity index (χ3v) is 5.87. The molecular formula is C30H29NO. The van der Waals surface area contributed by atoms with Crippen LogP contribution in [0.3, 0.4) is 0 Å². The first-order chi connectivity index (χ1) is 15.6. The smallest absolute Gasteiger partial charge is 0.152 e. The fourth-order valence-corrected chi connectivity index (χ4v) is 4.28. The zero-order chi connectivity index (χ0) is 22.2. The molecule has 160 valence electrons. The summed E-state index contributed by atoms with van der Waals surface area (Å²) in [5.74, 6) is 0.0578. The molecule has 0 radical (unpaired) electrons. The van der Waals surface area contributed by atoms with Crippen molar-refractivity contribution in [1.82, 2.24) is 5.32 Å². The van der Waals surface area contributed by atoms with Gasteiger partial charge in [-0.25, -0.2) is 0 Å². The van der Waals surface area contributed by atoms with Gasteiger partial charge in [-0.05, 0) is 53.3 Å². The predicted molar refractivity (Wildman–Crippen MR) is 134 cm³/mol. The fourth-order valence-electron chi connectivity index (χ4n) is 4.28. The van der Waals surface area contributed by atoms with Crippen molar-refractivity contribution in [2.45, 2.75) is 31.8 Å². The highest BCUT2D eigenvalue weighted by Gasteiger charge is 2.28. The lowest BCUT2D eigenvalue weighted by molar-refractivity contribution is -0.112. The molecule has 2 heteroatoms. The zero-order valence-corrected chi connectivity index (χ0v) is 18.5. The Morgan fingerprint density at radius 2 is 1.31 bits per heavy atom. The average molecular weight is 420 g/mol. The van der Waals surface area contributed by atoms with Crippen LogP contribution in [-0.4, -0.2) is 11.3 Å². The summed E-state index contributed by atoms with van der Waals surface area (Å²) < 4.78 is 0. The lowest BCUT2D eigenvalue weighted by atomic mass is 9.83. The summed E-state index contributed by atoms with van der Waals surface area (Å²) >= 11 is 0. The Morgan fingerprint density at radius 3 is 1.94 bits per heavy atom. The third-order valence-electron chi connectivity index (χ3n) is 5.87. The molecule has 0 saturated heterocycles. The molecule has 0 amide bonds. The highest BCUT2D eigenvalue weighted by atomic mass is 16.1. The van der Waals surface area contributed by atoms with Crippen molar-refractivity contribution in [3.63, 3.8) is 0 Å². The van der Waals surface area contributed by atoms with Crippen LogP contribution in [-0.2, 0) is 24.2 Å². The molecule has 0 saturated carbocycles. The van der Waals surface area contributed by atoms with Crippen molar-refractivity contribution in [3.05, 3.63) is 132 Å². The first-order valence-corrected chi connectivity index (χ1v) is 11.1. The molecule has 4 aromatic rings. The van der Waals surface area contributed by atoms with E-state index >= 15 is 0 Å². The van der Waals surface area contributed by atoms with E-state index in [1.165, 1.54) is 27.5 Å². The normalized spacial score (nSPS) is 11.8. The Kier molecular flexibility index (Phi) is 6.94. The van der Waals surface area contributed by atoms with Gasteiger partial charge < -0.3 is 5.32 Å². The lowest BCUT2D eigenvalue weighted by Gasteiger charge is -2.33. The van der Waals surface area contributed by atoms with Gasteiger partial charge in [0.05, 0.1) is 0 Å². The van der Waals surface area contributed by atoms with E-state index in [2.05, 4.69) is 102 Å². The van der Waals surface area contributed by atoms with Crippen LogP contribution >= 0.6 is 0 Å². The van der Waals surface area contributed by atoms with Gasteiger partial charge in [-0.15, -0.1) is 0 Å². The van der Waals surface area contributed by atoms with Crippen LogP contribution in [0.1, 0.15) is 23.6 Å². The minimum atomic E-state index is -0.397. The molecule has 0 fully saturated rings. The second kappa shape index (κ2) is 10.2.